The van der Waals surface area contributed by atoms with E-state index in [1.165, 1.54) is 11.3 Å². The minimum atomic E-state index is 0.466. The first-order valence-electron chi connectivity index (χ1n) is 5.70. The zero-order chi connectivity index (χ0) is 12.2. The van der Waals surface area contributed by atoms with Crippen LogP contribution in [0.1, 0.15) is 41.5 Å². The van der Waals surface area contributed by atoms with Gasteiger partial charge in [-0.3, -0.25) is 0 Å². The Bertz CT molecular complexity index is 244. The summed E-state index contributed by atoms with van der Waals surface area (Å²) >= 11 is 0. The SMILES string of the molecule is CC(C)=C(/N=C(/C(C)C)N(C)C)C(C)C. The summed E-state index contributed by atoms with van der Waals surface area (Å²) in [5.74, 6) is 2.11. The van der Waals surface area contributed by atoms with Crippen LogP contribution in [0, 0.1) is 11.8 Å². The second-order valence-electron chi connectivity index (χ2n) is 5.06. The van der Waals surface area contributed by atoms with E-state index in [2.05, 4.69) is 60.5 Å². The summed E-state index contributed by atoms with van der Waals surface area (Å²) in [4.78, 5) is 6.90. The van der Waals surface area contributed by atoms with Crippen molar-refractivity contribution >= 4 is 5.84 Å². The Morgan fingerprint density at radius 1 is 0.933 bits per heavy atom. The van der Waals surface area contributed by atoms with E-state index in [4.69, 9.17) is 4.99 Å². The fraction of sp³-hybridized carbons (Fsp3) is 0.769. The van der Waals surface area contributed by atoms with Crippen molar-refractivity contribution in [2.45, 2.75) is 41.5 Å². The molecule has 88 valence electrons. The molecular formula is C13H26N2. The Kier molecular flexibility index (Phi) is 5.63. The summed E-state index contributed by atoms with van der Waals surface area (Å²) in [5, 5.41) is 0. The van der Waals surface area contributed by atoms with Crippen molar-refractivity contribution < 1.29 is 0 Å². The second-order valence-corrected chi connectivity index (χ2v) is 5.06. The van der Waals surface area contributed by atoms with Crippen molar-refractivity contribution in [3.63, 3.8) is 0 Å². The molecule has 0 bridgehead atoms. The molecule has 0 radical (unpaired) electrons. The lowest BCUT2D eigenvalue weighted by Gasteiger charge is -2.21. The fourth-order valence-corrected chi connectivity index (χ4v) is 1.69. The summed E-state index contributed by atoms with van der Waals surface area (Å²) in [7, 11) is 4.11. The van der Waals surface area contributed by atoms with Gasteiger partial charge in [-0.15, -0.1) is 0 Å². The molecule has 2 heteroatoms. The molecule has 0 aromatic heterocycles. The molecule has 0 saturated heterocycles. The predicted octanol–water partition coefficient (Wildman–Crippen LogP) is 3.55. The van der Waals surface area contributed by atoms with Gasteiger partial charge in [0.05, 0.1) is 0 Å². The molecule has 0 spiro atoms. The zero-order valence-corrected chi connectivity index (χ0v) is 11.5. The lowest BCUT2D eigenvalue weighted by molar-refractivity contribution is 0.569. The van der Waals surface area contributed by atoms with Crippen molar-refractivity contribution in [2.24, 2.45) is 16.8 Å². The number of rotatable bonds is 3. The summed E-state index contributed by atoms with van der Waals surface area (Å²) < 4.78 is 0. The summed E-state index contributed by atoms with van der Waals surface area (Å²) in [6.07, 6.45) is 0. The summed E-state index contributed by atoms with van der Waals surface area (Å²) in [5.41, 5.74) is 2.53. The standard InChI is InChI=1S/C13H26N2/c1-9(2)12(10(3)4)14-13(11(5)6)15(7)8/h9,11H,1-8H3/b14-13-. The van der Waals surface area contributed by atoms with E-state index >= 15 is 0 Å². The monoisotopic (exact) mass is 210 g/mol. The van der Waals surface area contributed by atoms with Gasteiger partial charge in [-0.05, 0) is 19.8 Å². The number of allylic oxidation sites excluding steroid dienone is 2. The Balaban J connectivity index is 5.20. The Labute approximate surface area is 95.1 Å². The third-order valence-electron chi connectivity index (χ3n) is 2.27. The molecule has 0 rings (SSSR count). The van der Waals surface area contributed by atoms with Crippen LogP contribution < -0.4 is 0 Å². The lowest BCUT2D eigenvalue weighted by Crippen LogP contribution is -2.27. The quantitative estimate of drug-likeness (QED) is 0.514. The molecule has 0 N–H and O–H groups in total. The largest absolute Gasteiger partial charge is 0.366 e. The first-order chi connectivity index (χ1) is 6.77. The number of nitrogens with zero attached hydrogens (tertiary/aromatic N) is 2. The number of hydrogen-bond acceptors (Lipinski definition) is 1. The van der Waals surface area contributed by atoms with E-state index in [9.17, 15) is 0 Å². The van der Waals surface area contributed by atoms with Crippen molar-refractivity contribution in [3.05, 3.63) is 11.3 Å². The van der Waals surface area contributed by atoms with Gasteiger partial charge >= 0.3 is 0 Å². The highest BCUT2D eigenvalue weighted by Crippen LogP contribution is 2.18. The van der Waals surface area contributed by atoms with Crippen LogP contribution in [-0.2, 0) is 0 Å². The van der Waals surface area contributed by atoms with Crippen LogP contribution in [0.4, 0.5) is 0 Å². The van der Waals surface area contributed by atoms with Gasteiger partial charge < -0.3 is 4.90 Å². The maximum atomic E-state index is 4.80. The van der Waals surface area contributed by atoms with Crippen molar-refractivity contribution in [2.75, 3.05) is 14.1 Å². The maximum Gasteiger partial charge on any atom is 0.106 e. The molecule has 2 nitrogen and oxygen atoms in total. The van der Waals surface area contributed by atoms with Crippen LogP contribution in [0.25, 0.3) is 0 Å². The number of aliphatic imine (C=N–C) groups is 1. The van der Waals surface area contributed by atoms with Crippen molar-refractivity contribution in [1.82, 2.24) is 4.90 Å². The molecule has 0 aromatic carbocycles. The van der Waals surface area contributed by atoms with E-state index in [-0.39, 0.29) is 0 Å². The molecule has 0 saturated carbocycles. The van der Waals surface area contributed by atoms with Crippen LogP contribution in [0.2, 0.25) is 0 Å². The molecule has 0 amide bonds. The van der Waals surface area contributed by atoms with Gasteiger partial charge in [0.15, 0.2) is 0 Å². The predicted molar refractivity (Wildman–Crippen MR) is 69.2 cm³/mol. The van der Waals surface area contributed by atoms with Crippen molar-refractivity contribution in [1.29, 1.82) is 0 Å². The third kappa shape index (κ3) is 4.50. The van der Waals surface area contributed by atoms with Gasteiger partial charge in [0.25, 0.3) is 0 Å². The Morgan fingerprint density at radius 2 is 1.40 bits per heavy atom. The molecule has 0 atom stereocenters. The zero-order valence-electron chi connectivity index (χ0n) is 11.5. The van der Waals surface area contributed by atoms with Crippen molar-refractivity contribution in [3.8, 4) is 0 Å². The van der Waals surface area contributed by atoms with Crippen LogP contribution in [0.5, 0.6) is 0 Å². The Morgan fingerprint density at radius 3 is 1.60 bits per heavy atom. The van der Waals surface area contributed by atoms with Crippen LogP contribution in [0.15, 0.2) is 16.3 Å². The minimum absolute atomic E-state index is 0.466. The first kappa shape index (κ1) is 14.2. The number of amidine groups is 1. The smallest absolute Gasteiger partial charge is 0.106 e. The molecule has 15 heavy (non-hydrogen) atoms. The van der Waals surface area contributed by atoms with Crippen LogP contribution in [-0.4, -0.2) is 24.8 Å². The fourth-order valence-electron chi connectivity index (χ4n) is 1.69. The third-order valence-corrected chi connectivity index (χ3v) is 2.27. The normalized spacial score (nSPS) is 12.3. The van der Waals surface area contributed by atoms with Crippen LogP contribution in [0.3, 0.4) is 0 Å². The molecule has 0 aromatic rings. The van der Waals surface area contributed by atoms with Gasteiger partial charge in [-0.25, -0.2) is 4.99 Å². The summed E-state index contributed by atoms with van der Waals surface area (Å²) in [6.45, 7) is 13.0. The lowest BCUT2D eigenvalue weighted by atomic mass is 10.1. The average molecular weight is 210 g/mol. The highest BCUT2D eigenvalue weighted by molar-refractivity contribution is 5.84. The van der Waals surface area contributed by atoms with Gasteiger partial charge in [-0.2, -0.15) is 0 Å². The Hall–Kier alpha value is -0.790. The van der Waals surface area contributed by atoms with E-state index in [1.807, 2.05) is 0 Å². The highest BCUT2D eigenvalue weighted by Gasteiger charge is 2.11. The topological polar surface area (TPSA) is 15.6 Å². The molecular weight excluding hydrogens is 184 g/mol. The van der Waals surface area contributed by atoms with E-state index in [0.29, 0.717) is 11.8 Å². The average Bonchev–Trinajstić information content (AvgIpc) is 2.01. The molecule has 0 unspecified atom stereocenters. The minimum Gasteiger partial charge on any atom is -0.366 e. The van der Waals surface area contributed by atoms with Gasteiger partial charge in [0.1, 0.15) is 5.84 Å². The van der Waals surface area contributed by atoms with E-state index in [1.54, 1.807) is 0 Å². The first-order valence-corrected chi connectivity index (χ1v) is 5.70. The molecule has 0 aliphatic carbocycles. The van der Waals surface area contributed by atoms with E-state index < -0.39 is 0 Å². The van der Waals surface area contributed by atoms with Crippen LogP contribution >= 0.6 is 0 Å². The molecule has 0 aliphatic rings. The highest BCUT2D eigenvalue weighted by atomic mass is 15.1. The maximum absolute atomic E-state index is 4.80. The number of hydrogen-bond donors (Lipinski definition) is 0. The van der Waals surface area contributed by atoms with Gasteiger partial charge in [0.2, 0.25) is 0 Å². The van der Waals surface area contributed by atoms with Gasteiger partial charge in [0, 0.05) is 25.7 Å². The summed E-state index contributed by atoms with van der Waals surface area (Å²) in [6, 6.07) is 0. The van der Waals surface area contributed by atoms with Gasteiger partial charge in [-0.1, -0.05) is 33.3 Å². The molecule has 0 fully saturated rings. The molecule has 0 aliphatic heterocycles. The second kappa shape index (κ2) is 5.94. The molecule has 0 heterocycles. The van der Waals surface area contributed by atoms with E-state index in [0.717, 1.165) is 5.84 Å².